The number of carbonyl (C=O) groups excluding carboxylic acids is 1. The number of nitrogen functional groups attached to an aromatic ring is 1. The molecule has 0 radical (unpaired) electrons. The molecule has 0 aliphatic heterocycles. The van der Waals surface area contributed by atoms with Crippen LogP contribution in [0, 0.1) is 6.92 Å². The first kappa shape index (κ1) is 13.8. The Morgan fingerprint density at radius 2 is 2.20 bits per heavy atom. The Kier molecular flexibility index (Phi) is 3.81. The number of anilines is 1. The second-order valence-corrected chi connectivity index (χ2v) is 4.12. The fraction of sp³-hybridized carbons (Fsp3) is 0.154. The van der Waals surface area contributed by atoms with Gasteiger partial charge in [-0.1, -0.05) is 6.07 Å². The van der Waals surface area contributed by atoms with E-state index in [0.717, 1.165) is 5.56 Å². The smallest absolute Gasteiger partial charge is 0.297 e. The zero-order valence-corrected chi connectivity index (χ0v) is 11.1. The summed E-state index contributed by atoms with van der Waals surface area (Å²) in [5.41, 5.74) is 9.06. The Balaban J connectivity index is 2.56. The molecule has 0 unspecified atom stereocenters. The average molecular weight is 274 g/mol. The van der Waals surface area contributed by atoms with Crippen LogP contribution in [-0.2, 0) is 4.84 Å². The Morgan fingerprint density at radius 3 is 2.90 bits per heavy atom. The molecule has 1 aromatic heterocycles. The topological polar surface area (TPSA) is 99.2 Å². The van der Waals surface area contributed by atoms with E-state index in [1.165, 1.54) is 24.1 Å². The zero-order chi connectivity index (χ0) is 14.7. The second-order valence-electron chi connectivity index (χ2n) is 4.12. The van der Waals surface area contributed by atoms with E-state index in [4.69, 9.17) is 5.73 Å². The molecular formula is C13H14N4O3. The SMILES string of the molecule is CONC(=O)c1ccc(C)c(-n2ccnc(N)c2=O)c1. The van der Waals surface area contributed by atoms with Crippen molar-refractivity contribution in [3.8, 4) is 5.69 Å². The monoisotopic (exact) mass is 274 g/mol. The molecule has 0 atom stereocenters. The number of nitrogens with two attached hydrogens (primary N) is 1. The van der Waals surface area contributed by atoms with Crippen LogP contribution in [-0.4, -0.2) is 22.6 Å². The molecule has 0 saturated heterocycles. The molecule has 3 N–H and O–H groups in total. The number of nitrogens with one attached hydrogen (secondary N) is 1. The molecule has 7 nitrogen and oxygen atoms in total. The summed E-state index contributed by atoms with van der Waals surface area (Å²) < 4.78 is 1.35. The summed E-state index contributed by atoms with van der Waals surface area (Å²) >= 11 is 0. The first-order chi connectivity index (χ1) is 9.54. The molecule has 0 spiro atoms. The van der Waals surface area contributed by atoms with Gasteiger partial charge in [-0.2, -0.15) is 0 Å². The van der Waals surface area contributed by atoms with Crippen molar-refractivity contribution in [3.05, 3.63) is 52.1 Å². The molecule has 104 valence electrons. The molecule has 1 aromatic carbocycles. The third-order valence-corrected chi connectivity index (χ3v) is 2.79. The lowest BCUT2D eigenvalue weighted by Gasteiger charge is -2.11. The summed E-state index contributed by atoms with van der Waals surface area (Å²) in [6.07, 6.45) is 2.93. The fourth-order valence-corrected chi connectivity index (χ4v) is 1.78. The van der Waals surface area contributed by atoms with Crippen LogP contribution in [0.4, 0.5) is 5.82 Å². The van der Waals surface area contributed by atoms with Gasteiger partial charge in [0.1, 0.15) is 0 Å². The Hall–Kier alpha value is -2.67. The molecule has 7 heteroatoms. The van der Waals surface area contributed by atoms with Gasteiger partial charge in [-0.3, -0.25) is 19.0 Å². The van der Waals surface area contributed by atoms with Crippen molar-refractivity contribution >= 4 is 11.7 Å². The predicted octanol–water partition coefficient (Wildman–Crippen LogP) is 0.414. The van der Waals surface area contributed by atoms with Gasteiger partial charge in [0.2, 0.25) is 0 Å². The molecule has 2 aromatic rings. The number of aryl methyl sites for hydroxylation is 1. The number of amides is 1. The lowest BCUT2D eigenvalue weighted by Crippen LogP contribution is -2.24. The van der Waals surface area contributed by atoms with E-state index in [2.05, 4.69) is 15.3 Å². The average Bonchev–Trinajstić information content (AvgIpc) is 2.43. The van der Waals surface area contributed by atoms with Gasteiger partial charge < -0.3 is 5.73 Å². The van der Waals surface area contributed by atoms with E-state index in [1.54, 1.807) is 18.2 Å². The second kappa shape index (κ2) is 5.54. The van der Waals surface area contributed by atoms with Crippen LogP contribution in [0.5, 0.6) is 0 Å². The number of carbonyl (C=O) groups is 1. The van der Waals surface area contributed by atoms with E-state index in [1.807, 2.05) is 6.92 Å². The molecule has 0 aliphatic rings. The maximum absolute atomic E-state index is 12.0. The maximum atomic E-state index is 12.0. The van der Waals surface area contributed by atoms with Gasteiger partial charge in [0.15, 0.2) is 5.82 Å². The third kappa shape index (κ3) is 2.52. The van der Waals surface area contributed by atoms with Crippen LogP contribution in [0.15, 0.2) is 35.4 Å². The molecule has 20 heavy (non-hydrogen) atoms. The minimum Gasteiger partial charge on any atom is -0.379 e. The number of hydrogen-bond acceptors (Lipinski definition) is 5. The van der Waals surface area contributed by atoms with Crippen LogP contribution >= 0.6 is 0 Å². The van der Waals surface area contributed by atoms with Crippen LogP contribution in [0.25, 0.3) is 5.69 Å². The fourth-order valence-electron chi connectivity index (χ4n) is 1.78. The van der Waals surface area contributed by atoms with Gasteiger partial charge in [-0.15, -0.1) is 0 Å². The van der Waals surface area contributed by atoms with Crippen LogP contribution < -0.4 is 16.8 Å². The summed E-state index contributed by atoms with van der Waals surface area (Å²) in [7, 11) is 1.35. The quantitative estimate of drug-likeness (QED) is 0.790. The largest absolute Gasteiger partial charge is 0.379 e. The standard InChI is InChI=1S/C13H14N4O3/c1-8-3-4-9(12(18)16-20-2)7-10(8)17-6-5-15-11(14)13(17)19/h3-7H,1-2H3,(H2,14,15)(H,16,18). The van der Waals surface area contributed by atoms with Crippen LogP contribution in [0.1, 0.15) is 15.9 Å². The van der Waals surface area contributed by atoms with Crippen molar-refractivity contribution < 1.29 is 9.63 Å². The van der Waals surface area contributed by atoms with E-state index in [0.29, 0.717) is 11.3 Å². The van der Waals surface area contributed by atoms with Crippen molar-refractivity contribution in [1.29, 1.82) is 0 Å². The van der Waals surface area contributed by atoms with Gasteiger partial charge in [-0.25, -0.2) is 10.5 Å². The van der Waals surface area contributed by atoms with Crippen LogP contribution in [0.3, 0.4) is 0 Å². The van der Waals surface area contributed by atoms with Crippen molar-refractivity contribution in [3.63, 3.8) is 0 Å². The maximum Gasteiger partial charge on any atom is 0.297 e. The van der Waals surface area contributed by atoms with Crippen molar-refractivity contribution in [2.24, 2.45) is 0 Å². The summed E-state index contributed by atoms with van der Waals surface area (Å²) in [6.45, 7) is 1.83. The first-order valence-corrected chi connectivity index (χ1v) is 5.82. The van der Waals surface area contributed by atoms with Crippen molar-refractivity contribution in [1.82, 2.24) is 15.0 Å². The predicted molar refractivity (Wildman–Crippen MR) is 73.5 cm³/mol. The summed E-state index contributed by atoms with van der Waals surface area (Å²) in [6, 6.07) is 4.97. The molecule has 0 saturated carbocycles. The molecular weight excluding hydrogens is 260 g/mol. The van der Waals surface area contributed by atoms with Gasteiger partial charge >= 0.3 is 0 Å². The number of rotatable bonds is 3. The molecule has 1 heterocycles. The van der Waals surface area contributed by atoms with E-state index in [9.17, 15) is 9.59 Å². The van der Waals surface area contributed by atoms with Gasteiger partial charge in [-0.05, 0) is 24.6 Å². The molecule has 0 bridgehead atoms. The summed E-state index contributed by atoms with van der Waals surface area (Å²) in [5, 5.41) is 0. The summed E-state index contributed by atoms with van der Waals surface area (Å²) in [5.74, 6) is -0.498. The normalized spacial score (nSPS) is 10.3. The Labute approximate surface area is 115 Å². The highest BCUT2D eigenvalue weighted by Crippen LogP contribution is 2.15. The molecule has 0 aliphatic carbocycles. The minimum absolute atomic E-state index is 0.0985. The highest BCUT2D eigenvalue weighted by atomic mass is 16.6. The highest BCUT2D eigenvalue weighted by molar-refractivity contribution is 5.94. The van der Waals surface area contributed by atoms with Crippen molar-refractivity contribution in [2.75, 3.05) is 12.8 Å². The number of hydroxylamine groups is 1. The molecule has 1 amide bonds. The van der Waals surface area contributed by atoms with Gasteiger partial charge in [0, 0.05) is 18.0 Å². The Morgan fingerprint density at radius 1 is 1.45 bits per heavy atom. The van der Waals surface area contributed by atoms with E-state index in [-0.39, 0.29) is 5.82 Å². The molecule has 0 fully saturated rings. The number of aromatic nitrogens is 2. The number of hydrogen-bond donors (Lipinski definition) is 2. The number of benzene rings is 1. The minimum atomic E-state index is -0.431. The lowest BCUT2D eigenvalue weighted by molar-refractivity contribution is 0.0537. The third-order valence-electron chi connectivity index (χ3n) is 2.79. The van der Waals surface area contributed by atoms with Crippen molar-refractivity contribution in [2.45, 2.75) is 6.92 Å². The zero-order valence-electron chi connectivity index (χ0n) is 11.1. The summed E-state index contributed by atoms with van der Waals surface area (Å²) in [4.78, 5) is 32.0. The van der Waals surface area contributed by atoms with E-state index >= 15 is 0 Å². The van der Waals surface area contributed by atoms with Gasteiger partial charge in [0.25, 0.3) is 11.5 Å². The lowest BCUT2D eigenvalue weighted by atomic mass is 10.1. The van der Waals surface area contributed by atoms with Crippen LogP contribution in [0.2, 0.25) is 0 Å². The highest BCUT2D eigenvalue weighted by Gasteiger charge is 2.11. The number of nitrogens with zero attached hydrogens (tertiary/aromatic N) is 2. The van der Waals surface area contributed by atoms with E-state index < -0.39 is 11.5 Å². The van der Waals surface area contributed by atoms with Gasteiger partial charge in [0.05, 0.1) is 12.8 Å². The first-order valence-electron chi connectivity index (χ1n) is 5.82. The molecule has 2 rings (SSSR count). The Bertz CT molecular complexity index is 709.